The van der Waals surface area contributed by atoms with Crippen molar-refractivity contribution in [3.63, 3.8) is 0 Å². The maximum absolute atomic E-state index is 13.1. The van der Waals surface area contributed by atoms with Crippen LogP contribution in [0.5, 0.6) is 0 Å². The molecule has 92 valence electrons. The van der Waals surface area contributed by atoms with Gasteiger partial charge in [0, 0.05) is 12.0 Å². The van der Waals surface area contributed by atoms with E-state index in [2.05, 4.69) is 0 Å². The first kappa shape index (κ1) is 12.4. The van der Waals surface area contributed by atoms with Crippen LogP contribution in [0.3, 0.4) is 0 Å². The molecule has 0 aromatic heterocycles. The molecular weight excluding hydrogens is 234 g/mol. The topological polar surface area (TPSA) is 17.1 Å². The highest BCUT2D eigenvalue weighted by atomic mass is 19.1. The molecule has 0 radical (unpaired) electrons. The lowest BCUT2D eigenvalue weighted by atomic mass is 9.99. The molecule has 0 unspecified atom stereocenters. The van der Waals surface area contributed by atoms with Crippen LogP contribution in [0.25, 0.3) is 0 Å². The van der Waals surface area contributed by atoms with Crippen molar-refractivity contribution in [2.24, 2.45) is 0 Å². The van der Waals surface area contributed by atoms with E-state index in [-0.39, 0.29) is 23.8 Å². The molecule has 3 heteroatoms. The summed E-state index contributed by atoms with van der Waals surface area (Å²) in [6.07, 6.45) is 0.120. The van der Waals surface area contributed by atoms with Crippen molar-refractivity contribution in [2.45, 2.75) is 13.3 Å². The summed E-state index contributed by atoms with van der Waals surface area (Å²) < 4.78 is 25.8. The van der Waals surface area contributed by atoms with Crippen LogP contribution < -0.4 is 0 Å². The van der Waals surface area contributed by atoms with Gasteiger partial charge in [0.2, 0.25) is 0 Å². The highest BCUT2D eigenvalue weighted by molar-refractivity contribution is 5.97. The predicted molar refractivity (Wildman–Crippen MR) is 65.6 cm³/mol. The minimum absolute atomic E-state index is 0.120. The van der Waals surface area contributed by atoms with Crippen LogP contribution in [0.1, 0.15) is 21.5 Å². The van der Waals surface area contributed by atoms with E-state index in [1.165, 1.54) is 36.4 Å². The Labute approximate surface area is 104 Å². The fourth-order valence-corrected chi connectivity index (χ4v) is 1.74. The lowest BCUT2D eigenvalue weighted by molar-refractivity contribution is 0.0992. The first-order valence-corrected chi connectivity index (χ1v) is 5.60. The van der Waals surface area contributed by atoms with Crippen molar-refractivity contribution in [2.75, 3.05) is 0 Å². The maximum atomic E-state index is 13.1. The van der Waals surface area contributed by atoms with Gasteiger partial charge in [-0.05, 0) is 54.4 Å². The van der Waals surface area contributed by atoms with Gasteiger partial charge in [0.1, 0.15) is 11.6 Å². The Balaban J connectivity index is 2.21. The van der Waals surface area contributed by atoms with E-state index in [9.17, 15) is 13.6 Å². The number of ketones is 1. The molecule has 0 amide bonds. The summed E-state index contributed by atoms with van der Waals surface area (Å²) >= 11 is 0. The Kier molecular flexibility index (Phi) is 3.51. The van der Waals surface area contributed by atoms with Crippen molar-refractivity contribution in [1.82, 2.24) is 0 Å². The van der Waals surface area contributed by atoms with Gasteiger partial charge in [-0.2, -0.15) is 0 Å². The van der Waals surface area contributed by atoms with Gasteiger partial charge in [-0.25, -0.2) is 8.78 Å². The minimum Gasteiger partial charge on any atom is -0.294 e. The number of Topliss-reactive ketones (excluding diaryl/α,β-unsaturated/α-hetero) is 1. The Morgan fingerprint density at radius 2 is 1.61 bits per heavy atom. The second kappa shape index (κ2) is 5.08. The summed E-state index contributed by atoms with van der Waals surface area (Å²) in [5, 5.41) is 0. The van der Waals surface area contributed by atoms with Gasteiger partial charge < -0.3 is 0 Å². The molecule has 18 heavy (non-hydrogen) atoms. The van der Waals surface area contributed by atoms with Crippen LogP contribution in [0.15, 0.2) is 42.5 Å². The zero-order valence-corrected chi connectivity index (χ0v) is 9.91. The summed E-state index contributed by atoms with van der Waals surface area (Å²) in [6, 6.07) is 9.72. The molecule has 0 spiro atoms. The highest BCUT2D eigenvalue weighted by Gasteiger charge is 2.09. The highest BCUT2D eigenvalue weighted by Crippen LogP contribution is 2.14. The molecule has 0 N–H and O–H groups in total. The second-order valence-corrected chi connectivity index (χ2v) is 4.18. The second-order valence-electron chi connectivity index (χ2n) is 4.18. The fraction of sp³-hybridized carbons (Fsp3) is 0.133. The van der Waals surface area contributed by atoms with Crippen LogP contribution in [0.2, 0.25) is 0 Å². The summed E-state index contributed by atoms with van der Waals surface area (Å²) in [4.78, 5) is 11.9. The van der Waals surface area contributed by atoms with Crippen molar-refractivity contribution >= 4 is 5.78 Å². The quantitative estimate of drug-likeness (QED) is 0.755. The lowest BCUT2D eigenvalue weighted by Crippen LogP contribution is -2.05. The summed E-state index contributed by atoms with van der Waals surface area (Å²) in [5.74, 6) is -0.889. The number of hydrogen-bond acceptors (Lipinski definition) is 1. The molecule has 2 aromatic carbocycles. The standard InChI is InChI=1S/C15H12F2O/c1-10-2-5-14(17)8-12(10)9-15(18)11-3-6-13(16)7-4-11/h2-8H,9H2,1H3. The number of halogens is 2. The van der Waals surface area contributed by atoms with Crippen LogP contribution in [0.4, 0.5) is 8.78 Å². The largest absolute Gasteiger partial charge is 0.294 e. The molecule has 0 bridgehead atoms. The van der Waals surface area contributed by atoms with Crippen molar-refractivity contribution in [1.29, 1.82) is 0 Å². The van der Waals surface area contributed by atoms with Crippen LogP contribution >= 0.6 is 0 Å². The molecule has 0 atom stereocenters. The Bertz CT molecular complexity index is 574. The van der Waals surface area contributed by atoms with Crippen LogP contribution in [-0.4, -0.2) is 5.78 Å². The van der Waals surface area contributed by atoms with Gasteiger partial charge in [0.25, 0.3) is 0 Å². The molecule has 0 saturated carbocycles. The number of carbonyl (C=O) groups is 1. The molecule has 1 nitrogen and oxygen atoms in total. The molecule has 0 aliphatic rings. The van der Waals surface area contributed by atoms with Gasteiger partial charge >= 0.3 is 0 Å². The molecule has 0 aliphatic carbocycles. The Hall–Kier alpha value is -2.03. The zero-order valence-electron chi connectivity index (χ0n) is 9.91. The molecule has 2 aromatic rings. The number of benzene rings is 2. The fourth-order valence-electron chi connectivity index (χ4n) is 1.74. The van der Waals surface area contributed by atoms with E-state index in [1.54, 1.807) is 6.07 Å². The average Bonchev–Trinajstić information content (AvgIpc) is 2.34. The minimum atomic E-state index is -0.381. The van der Waals surface area contributed by atoms with Gasteiger partial charge in [-0.3, -0.25) is 4.79 Å². The third kappa shape index (κ3) is 2.80. The monoisotopic (exact) mass is 246 g/mol. The van der Waals surface area contributed by atoms with Crippen molar-refractivity contribution < 1.29 is 13.6 Å². The predicted octanol–water partition coefficient (Wildman–Crippen LogP) is 3.70. The lowest BCUT2D eigenvalue weighted by Gasteiger charge is -2.05. The number of aryl methyl sites for hydroxylation is 1. The van der Waals surface area contributed by atoms with Gasteiger partial charge in [0.05, 0.1) is 0 Å². The van der Waals surface area contributed by atoms with E-state index in [0.29, 0.717) is 11.1 Å². The van der Waals surface area contributed by atoms with Crippen LogP contribution in [-0.2, 0) is 6.42 Å². The van der Waals surface area contributed by atoms with E-state index in [1.807, 2.05) is 6.92 Å². The van der Waals surface area contributed by atoms with Gasteiger partial charge in [-0.15, -0.1) is 0 Å². The molecular formula is C15H12F2O. The number of carbonyl (C=O) groups excluding carboxylic acids is 1. The zero-order chi connectivity index (χ0) is 13.1. The summed E-state index contributed by atoms with van der Waals surface area (Å²) in [5.41, 5.74) is 1.95. The summed E-state index contributed by atoms with van der Waals surface area (Å²) in [7, 11) is 0. The first-order chi connectivity index (χ1) is 8.56. The van der Waals surface area contributed by atoms with E-state index < -0.39 is 0 Å². The molecule has 0 saturated heterocycles. The Morgan fingerprint density at radius 3 is 2.28 bits per heavy atom. The van der Waals surface area contributed by atoms with Crippen LogP contribution in [0, 0.1) is 18.6 Å². The smallest absolute Gasteiger partial charge is 0.167 e. The SMILES string of the molecule is Cc1ccc(F)cc1CC(=O)c1ccc(F)cc1. The van der Waals surface area contributed by atoms with Gasteiger partial charge in [0.15, 0.2) is 5.78 Å². The number of hydrogen-bond donors (Lipinski definition) is 0. The average molecular weight is 246 g/mol. The molecule has 2 rings (SSSR count). The van der Waals surface area contributed by atoms with Gasteiger partial charge in [-0.1, -0.05) is 6.07 Å². The van der Waals surface area contributed by atoms with E-state index in [4.69, 9.17) is 0 Å². The third-order valence-corrected chi connectivity index (χ3v) is 2.83. The van der Waals surface area contributed by atoms with Crippen molar-refractivity contribution in [3.8, 4) is 0 Å². The molecule has 0 heterocycles. The Morgan fingerprint density at radius 1 is 1.00 bits per heavy atom. The normalized spacial score (nSPS) is 10.4. The maximum Gasteiger partial charge on any atom is 0.167 e. The van der Waals surface area contributed by atoms with Crippen molar-refractivity contribution in [3.05, 3.63) is 70.8 Å². The number of rotatable bonds is 3. The first-order valence-electron chi connectivity index (χ1n) is 5.60. The summed E-state index contributed by atoms with van der Waals surface area (Å²) in [6.45, 7) is 1.83. The van der Waals surface area contributed by atoms with E-state index in [0.717, 1.165) is 5.56 Å². The molecule has 0 fully saturated rings. The molecule has 0 aliphatic heterocycles. The van der Waals surface area contributed by atoms with E-state index >= 15 is 0 Å². The third-order valence-electron chi connectivity index (χ3n) is 2.83.